The van der Waals surface area contributed by atoms with Crippen molar-refractivity contribution >= 4 is 0 Å². The van der Waals surface area contributed by atoms with Crippen LogP contribution in [-0.4, -0.2) is 30.9 Å². The van der Waals surface area contributed by atoms with Crippen molar-refractivity contribution in [2.24, 2.45) is 0 Å². The van der Waals surface area contributed by atoms with Crippen molar-refractivity contribution in [3.63, 3.8) is 0 Å². The number of benzene rings is 1. The van der Waals surface area contributed by atoms with E-state index in [-0.39, 0.29) is 18.1 Å². The first-order valence-corrected chi connectivity index (χ1v) is 6.55. The molecule has 0 radical (unpaired) electrons. The Morgan fingerprint density at radius 3 is 2.61 bits per heavy atom. The van der Waals surface area contributed by atoms with Crippen LogP contribution in [0.5, 0.6) is 5.75 Å². The van der Waals surface area contributed by atoms with Gasteiger partial charge in [-0.2, -0.15) is 0 Å². The van der Waals surface area contributed by atoms with Crippen LogP contribution in [0.3, 0.4) is 0 Å². The lowest BCUT2D eigenvalue weighted by molar-refractivity contribution is 0.184. The van der Waals surface area contributed by atoms with E-state index in [1.54, 1.807) is 0 Å². The van der Waals surface area contributed by atoms with Crippen LogP contribution in [-0.2, 0) is 5.41 Å². The van der Waals surface area contributed by atoms with E-state index in [0.717, 1.165) is 12.3 Å². The lowest BCUT2D eigenvalue weighted by atomic mass is 9.87. The molecule has 1 unspecified atom stereocenters. The average molecular weight is 251 g/mol. The zero-order valence-electron chi connectivity index (χ0n) is 11.9. The Hall–Kier alpha value is -1.06. The monoisotopic (exact) mass is 251 g/mol. The summed E-state index contributed by atoms with van der Waals surface area (Å²) < 4.78 is 5.72. The molecular weight excluding hydrogens is 226 g/mol. The van der Waals surface area contributed by atoms with E-state index < -0.39 is 0 Å². The molecule has 0 spiro atoms. The third kappa shape index (κ3) is 4.67. The highest BCUT2D eigenvalue weighted by Crippen LogP contribution is 2.25. The zero-order valence-corrected chi connectivity index (χ0v) is 11.9. The molecule has 2 N–H and O–H groups in total. The highest BCUT2D eigenvalue weighted by atomic mass is 16.5. The maximum absolute atomic E-state index is 9.18. The smallest absolute Gasteiger partial charge is 0.119 e. The molecule has 1 aromatic carbocycles. The van der Waals surface area contributed by atoms with Crippen molar-refractivity contribution in [3.05, 3.63) is 29.8 Å². The first-order chi connectivity index (χ1) is 8.47. The summed E-state index contributed by atoms with van der Waals surface area (Å²) in [6.07, 6.45) is 0. The van der Waals surface area contributed by atoms with Crippen molar-refractivity contribution in [3.8, 4) is 5.75 Å². The second-order valence-corrected chi connectivity index (χ2v) is 5.53. The maximum atomic E-state index is 9.18. The Labute approximate surface area is 110 Å². The molecule has 0 aliphatic rings. The molecule has 0 aliphatic heterocycles. The summed E-state index contributed by atoms with van der Waals surface area (Å²) in [4.78, 5) is 0. The van der Waals surface area contributed by atoms with Gasteiger partial charge < -0.3 is 15.2 Å². The molecule has 102 valence electrons. The van der Waals surface area contributed by atoms with Crippen LogP contribution in [0.25, 0.3) is 0 Å². The summed E-state index contributed by atoms with van der Waals surface area (Å²) >= 11 is 0. The van der Waals surface area contributed by atoms with Crippen LogP contribution >= 0.6 is 0 Å². The summed E-state index contributed by atoms with van der Waals surface area (Å²) in [6, 6.07) is 8.14. The van der Waals surface area contributed by atoms with Crippen LogP contribution in [0.4, 0.5) is 0 Å². The molecule has 3 heteroatoms. The highest BCUT2D eigenvalue weighted by molar-refractivity contribution is 5.32. The first-order valence-electron chi connectivity index (χ1n) is 6.55. The molecule has 1 rings (SSSR count). The summed E-state index contributed by atoms with van der Waals surface area (Å²) in [7, 11) is 0. The van der Waals surface area contributed by atoms with E-state index >= 15 is 0 Å². The van der Waals surface area contributed by atoms with Gasteiger partial charge in [-0.1, -0.05) is 39.8 Å². The van der Waals surface area contributed by atoms with Gasteiger partial charge in [0.2, 0.25) is 0 Å². The second-order valence-electron chi connectivity index (χ2n) is 5.53. The van der Waals surface area contributed by atoms with Crippen LogP contribution < -0.4 is 10.1 Å². The van der Waals surface area contributed by atoms with Gasteiger partial charge in [0.15, 0.2) is 0 Å². The summed E-state index contributed by atoms with van der Waals surface area (Å²) in [6.45, 7) is 9.97. The third-order valence-corrected chi connectivity index (χ3v) is 2.86. The molecule has 1 aromatic rings. The fourth-order valence-electron chi connectivity index (χ4n) is 1.71. The molecule has 0 aromatic heterocycles. The van der Waals surface area contributed by atoms with E-state index in [4.69, 9.17) is 4.74 Å². The van der Waals surface area contributed by atoms with Gasteiger partial charge in [0.25, 0.3) is 0 Å². The van der Waals surface area contributed by atoms with Crippen molar-refractivity contribution in [2.45, 2.75) is 39.2 Å². The minimum Gasteiger partial charge on any atom is -0.492 e. The minimum absolute atomic E-state index is 0.00621. The standard InChI is InChI=1S/C15H25NO2/c1-5-16-13(10-17)11-18-14-8-6-7-12(9-14)15(2,3)4/h6-9,13,16-17H,5,10-11H2,1-4H3. The lowest BCUT2D eigenvalue weighted by Crippen LogP contribution is -2.37. The van der Waals surface area contributed by atoms with Gasteiger partial charge in [-0.05, 0) is 29.7 Å². The molecule has 3 nitrogen and oxygen atoms in total. The van der Waals surface area contributed by atoms with Gasteiger partial charge in [-0.25, -0.2) is 0 Å². The van der Waals surface area contributed by atoms with Crippen molar-refractivity contribution in [2.75, 3.05) is 19.8 Å². The predicted molar refractivity (Wildman–Crippen MR) is 75.2 cm³/mol. The number of ether oxygens (including phenoxy) is 1. The molecule has 0 aliphatic carbocycles. The molecular formula is C15H25NO2. The summed E-state index contributed by atoms with van der Waals surface area (Å²) in [5, 5.41) is 12.3. The van der Waals surface area contributed by atoms with E-state index in [1.165, 1.54) is 5.56 Å². The molecule has 0 amide bonds. The number of aliphatic hydroxyl groups is 1. The van der Waals surface area contributed by atoms with Gasteiger partial charge in [-0.3, -0.25) is 0 Å². The molecule has 0 saturated heterocycles. The second kappa shape index (κ2) is 6.76. The Morgan fingerprint density at radius 1 is 1.33 bits per heavy atom. The van der Waals surface area contributed by atoms with E-state index in [0.29, 0.717) is 6.61 Å². The average Bonchev–Trinajstić information content (AvgIpc) is 2.34. The number of nitrogens with one attached hydrogen (secondary N) is 1. The number of likely N-dealkylation sites (N-methyl/N-ethyl adjacent to an activating group) is 1. The van der Waals surface area contributed by atoms with Crippen molar-refractivity contribution < 1.29 is 9.84 Å². The third-order valence-electron chi connectivity index (χ3n) is 2.86. The summed E-state index contributed by atoms with van der Waals surface area (Å²) in [5.41, 5.74) is 1.38. The Balaban J connectivity index is 2.62. The Kier molecular flexibility index (Phi) is 5.63. The van der Waals surface area contributed by atoms with Gasteiger partial charge >= 0.3 is 0 Å². The SMILES string of the molecule is CCNC(CO)COc1cccc(C(C)(C)C)c1. The molecule has 18 heavy (non-hydrogen) atoms. The minimum atomic E-state index is -0.00621. The topological polar surface area (TPSA) is 41.5 Å². The zero-order chi connectivity index (χ0) is 13.6. The van der Waals surface area contributed by atoms with Gasteiger partial charge in [0.1, 0.15) is 12.4 Å². The normalized spacial score (nSPS) is 13.4. The Bertz CT molecular complexity index is 358. The van der Waals surface area contributed by atoms with E-state index in [9.17, 15) is 5.11 Å². The quantitative estimate of drug-likeness (QED) is 0.815. The molecule has 0 saturated carbocycles. The van der Waals surface area contributed by atoms with E-state index in [1.807, 2.05) is 19.1 Å². The highest BCUT2D eigenvalue weighted by Gasteiger charge is 2.14. The van der Waals surface area contributed by atoms with Gasteiger partial charge in [0.05, 0.1) is 12.6 Å². The van der Waals surface area contributed by atoms with Crippen LogP contribution in [0.1, 0.15) is 33.3 Å². The number of rotatable bonds is 6. The van der Waals surface area contributed by atoms with E-state index in [2.05, 4.69) is 38.2 Å². The fraction of sp³-hybridized carbons (Fsp3) is 0.600. The maximum Gasteiger partial charge on any atom is 0.119 e. The molecule has 0 bridgehead atoms. The first kappa shape index (κ1) is 15.0. The lowest BCUT2D eigenvalue weighted by Gasteiger charge is -2.21. The fourth-order valence-corrected chi connectivity index (χ4v) is 1.71. The largest absolute Gasteiger partial charge is 0.492 e. The predicted octanol–water partition coefficient (Wildman–Crippen LogP) is 2.33. The van der Waals surface area contributed by atoms with Crippen LogP contribution in [0.15, 0.2) is 24.3 Å². The van der Waals surface area contributed by atoms with Crippen LogP contribution in [0.2, 0.25) is 0 Å². The Morgan fingerprint density at radius 2 is 2.06 bits per heavy atom. The number of hydrogen-bond acceptors (Lipinski definition) is 3. The van der Waals surface area contributed by atoms with Crippen molar-refractivity contribution in [1.82, 2.24) is 5.32 Å². The molecule has 1 atom stereocenters. The van der Waals surface area contributed by atoms with Gasteiger partial charge in [0, 0.05) is 0 Å². The van der Waals surface area contributed by atoms with Gasteiger partial charge in [-0.15, -0.1) is 0 Å². The van der Waals surface area contributed by atoms with Crippen LogP contribution in [0, 0.1) is 0 Å². The summed E-state index contributed by atoms with van der Waals surface area (Å²) in [5.74, 6) is 0.860. The molecule has 0 heterocycles. The number of hydrogen-bond donors (Lipinski definition) is 2. The molecule has 0 fully saturated rings. The van der Waals surface area contributed by atoms with Crippen molar-refractivity contribution in [1.29, 1.82) is 0 Å². The number of aliphatic hydroxyl groups excluding tert-OH is 1.